The van der Waals surface area contributed by atoms with E-state index in [-0.39, 0.29) is 24.7 Å². The van der Waals surface area contributed by atoms with E-state index < -0.39 is 47.6 Å². The first kappa shape index (κ1) is 38.0. The molecule has 0 unspecified atom stereocenters. The van der Waals surface area contributed by atoms with Gasteiger partial charge in [0.15, 0.2) is 6.04 Å². The Bertz CT molecular complexity index is 1640. The van der Waals surface area contributed by atoms with Gasteiger partial charge in [0.05, 0.1) is 6.61 Å². The summed E-state index contributed by atoms with van der Waals surface area (Å²) in [4.78, 5) is 40.5. The molecule has 1 aliphatic heterocycles. The summed E-state index contributed by atoms with van der Waals surface area (Å²) in [5.74, 6) is -8.79. The van der Waals surface area contributed by atoms with Crippen LogP contribution in [0.5, 0.6) is 5.75 Å². The van der Waals surface area contributed by atoms with Gasteiger partial charge in [-0.15, -0.1) is 0 Å². The number of carbonyl (C=O) groups is 3. The number of esters is 1. The molecule has 8 nitrogen and oxygen atoms in total. The van der Waals surface area contributed by atoms with E-state index in [9.17, 15) is 27.6 Å². The van der Waals surface area contributed by atoms with Crippen LogP contribution in [0.1, 0.15) is 62.2 Å². The summed E-state index contributed by atoms with van der Waals surface area (Å²) in [6, 6.07) is 14.0. The van der Waals surface area contributed by atoms with Crippen molar-refractivity contribution in [2.24, 2.45) is 11.7 Å². The Hall–Kier alpha value is -4.23. The number of nitrogens with one attached hydrogen (secondary N) is 1. The molecule has 2 atom stereocenters. The van der Waals surface area contributed by atoms with Crippen LogP contribution in [0.15, 0.2) is 72.8 Å². The molecule has 1 saturated heterocycles. The van der Waals surface area contributed by atoms with Crippen LogP contribution in [0, 0.1) is 5.92 Å². The van der Waals surface area contributed by atoms with Crippen molar-refractivity contribution in [3.05, 3.63) is 88.9 Å². The van der Waals surface area contributed by atoms with Gasteiger partial charge in [-0.05, 0) is 67.0 Å². The van der Waals surface area contributed by atoms with Gasteiger partial charge < -0.3 is 25.4 Å². The first-order valence-electron chi connectivity index (χ1n) is 16.8. The molecule has 274 valence electrons. The Morgan fingerprint density at radius 3 is 1.96 bits per heavy atom. The van der Waals surface area contributed by atoms with Gasteiger partial charge in [-0.1, -0.05) is 79.4 Å². The minimum absolute atomic E-state index is 0.0206. The third kappa shape index (κ3) is 9.76. The number of benzene rings is 3. The molecule has 5 rings (SSSR count). The molecule has 2 aliphatic rings. The smallest absolute Gasteiger partial charge is 0.490 e. The number of hydrogen-bond acceptors (Lipinski definition) is 6. The fraction of sp³-hybridized carbons (Fsp3) is 0.432. The predicted molar refractivity (Wildman–Crippen MR) is 180 cm³/mol. The second-order valence-corrected chi connectivity index (χ2v) is 13.4. The number of ether oxygens (including phenoxy) is 2. The number of rotatable bonds is 11. The number of likely N-dealkylation sites (tertiary alicyclic amines) is 1. The van der Waals surface area contributed by atoms with Gasteiger partial charge >= 0.3 is 18.1 Å². The molecule has 1 saturated carbocycles. The normalized spacial score (nSPS) is 17.4. The fourth-order valence-electron chi connectivity index (χ4n) is 6.28. The number of piperidine rings is 1. The Balaban J connectivity index is 1.42. The van der Waals surface area contributed by atoms with Crippen molar-refractivity contribution in [3.63, 3.8) is 0 Å². The van der Waals surface area contributed by atoms with Crippen LogP contribution in [0.4, 0.5) is 22.0 Å². The molecule has 1 heterocycles. The molecule has 14 heteroatoms. The summed E-state index contributed by atoms with van der Waals surface area (Å²) in [5, 5.41) is 2.44. The monoisotopic (exact) mass is 735 g/mol. The number of carbonyl (C=O) groups excluding carboxylic acids is 3. The van der Waals surface area contributed by atoms with Gasteiger partial charge in [0.1, 0.15) is 5.75 Å². The van der Waals surface area contributed by atoms with Crippen molar-refractivity contribution < 1.29 is 45.8 Å². The zero-order valence-corrected chi connectivity index (χ0v) is 28.4. The Morgan fingerprint density at radius 2 is 1.39 bits per heavy atom. The number of alkyl halides is 5. The number of nitrogens with zero attached hydrogens (tertiary/aromatic N) is 1. The molecular formula is C37H39ClF5N3O5. The minimum atomic E-state index is -5.50. The van der Waals surface area contributed by atoms with Crippen LogP contribution in [0.3, 0.4) is 0 Å². The van der Waals surface area contributed by atoms with Gasteiger partial charge in [-0.2, -0.15) is 22.0 Å². The topological polar surface area (TPSA) is 111 Å². The van der Waals surface area contributed by atoms with Crippen molar-refractivity contribution in [2.45, 2.75) is 75.2 Å². The van der Waals surface area contributed by atoms with Gasteiger partial charge in [0.2, 0.25) is 6.10 Å². The van der Waals surface area contributed by atoms with Crippen molar-refractivity contribution >= 4 is 29.4 Å². The zero-order chi connectivity index (χ0) is 36.8. The highest BCUT2D eigenvalue weighted by Crippen LogP contribution is 2.36. The molecule has 0 radical (unpaired) electrons. The van der Waals surface area contributed by atoms with Gasteiger partial charge in [0.25, 0.3) is 11.8 Å². The van der Waals surface area contributed by atoms with Gasteiger partial charge in [0, 0.05) is 35.3 Å². The van der Waals surface area contributed by atoms with Crippen LogP contribution in [0.25, 0.3) is 11.1 Å². The van der Waals surface area contributed by atoms with E-state index in [1.807, 2.05) is 5.32 Å². The highest BCUT2D eigenvalue weighted by atomic mass is 35.5. The lowest BCUT2D eigenvalue weighted by molar-refractivity contribution is -0.206. The number of halogens is 6. The van der Waals surface area contributed by atoms with Crippen molar-refractivity contribution in [2.75, 3.05) is 19.7 Å². The lowest BCUT2D eigenvalue weighted by atomic mass is 9.90. The minimum Gasteiger partial charge on any atom is -0.493 e. The summed E-state index contributed by atoms with van der Waals surface area (Å²) in [5.41, 5.74) is 6.29. The molecule has 2 amide bonds. The van der Waals surface area contributed by atoms with E-state index in [0.717, 1.165) is 49.1 Å². The molecule has 3 N–H and O–H groups in total. The maximum atomic E-state index is 16.5. The van der Waals surface area contributed by atoms with Crippen LogP contribution in [-0.4, -0.2) is 60.6 Å². The maximum Gasteiger partial charge on any atom is 0.490 e. The number of amides is 2. The van der Waals surface area contributed by atoms with Gasteiger partial charge in [-0.25, -0.2) is 4.79 Å². The standard InChI is InChI=1S/C37H39ClF5N3O5/c38-28-14-8-25(9-15-28)24-6-12-27(13-7-24)36(39,40)32(34(48)46-20-18-29(44)19-21-46)45-33(47)31(51-35(49)37(41,42)43)26-10-16-30(17-11-26)50-22-23-4-2-1-3-5-23/h6-17,23,29,31-32H,1-5,18-22,44H2,(H,45,47)/t31-,32-/m1/s1. The summed E-state index contributed by atoms with van der Waals surface area (Å²) in [6.45, 7) is 0.465. The molecule has 3 aromatic rings. The molecule has 1 aliphatic carbocycles. The van der Waals surface area contributed by atoms with E-state index in [1.165, 1.54) is 36.4 Å². The second kappa shape index (κ2) is 16.4. The zero-order valence-electron chi connectivity index (χ0n) is 27.6. The first-order chi connectivity index (χ1) is 24.2. The highest BCUT2D eigenvalue weighted by molar-refractivity contribution is 6.30. The molecule has 2 fully saturated rings. The average molecular weight is 736 g/mol. The summed E-state index contributed by atoms with van der Waals surface area (Å²) < 4.78 is 83.4. The molecule has 0 bridgehead atoms. The van der Waals surface area contributed by atoms with E-state index >= 15 is 8.78 Å². The van der Waals surface area contributed by atoms with Crippen LogP contribution in [-0.2, 0) is 25.0 Å². The third-order valence-corrected chi connectivity index (χ3v) is 9.53. The van der Waals surface area contributed by atoms with Crippen molar-refractivity contribution in [1.29, 1.82) is 0 Å². The third-order valence-electron chi connectivity index (χ3n) is 9.28. The van der Waals surface area contributed by atoms with E-state index in [2.05, 4.69) is 4.74 Å². The van der Waals surface area contributed by atoms with E-state index in [0.29, 0.717) is 47.3 Å². The fourth-order valence-corrected chi connectivity index (χ4v) is 6.40. The summed E-state index contributed by atoms with van der Waals surface area (Å²) in [7, 11) is 0. The van der Waals surface area contributed by atoms with Gasteiger partial charge in [-0.3, -0.25) is 9.59 Å². The maximum absolute atomic E-state index is 16.5. The molecule has 0 spiro atoms. The summed E-state index contributed by atoms with van der Waals surface area (Å²) in [6.07, 6.45) is -1.84. The van der Waals surface area contributed by atoms with E-state index in [4.69, 9.17) is 22.1 Å². The summed E-state index contributed by atoms with van der Waals surface area (Å²) >= 11 is 5.95. The lowest BCUT2D eigenvalue weighted by Crippen LogP contribution is -2.58. The molecule has 0 aromatic heterocycles. The number of hydrogen-bond donors (Lipinski definition) is 2. The lowest BCUT2D eigenvalue weighted by Gasteiger charge is -2.36. The molecule has 3 aromatic carbocycles. The average Bonchev–Trinajstić information content (AvgIpc) is 3.12. The quantitative estimate of drug-likeness (QED) is 0.158. The first-order valence-corrected chi connectivity index (χ1v) is 17.2. The van der Waals surface area contributed by atoms with Crippen LogP contribution in [0.2, 0.25) is 5.02 Å². The largest absolute Gasteiger partial charge is 0.493 e. The van der Waals surface area contributed by atoms with Crippen molar-refractivity contribution in [3.8, 4) is 16.9 Å². The molecule has 51 heavy (non-hydrogen) atoms. The molecular weight excluding hydrogens is 697 g/mol. The number of nitrogens with two attached hydrogens (primary N) is 1. The van der Waals surface area contributed by atoms with E-state index in [1.54, 1.807) is 24.3 Å². The van der Waals surface area contributed by atoms with Crippen LogP contribution >= 0.6 is 11.6 Å². The van der Waals surface area contributed by atoms with Crippen LogP contribution < -0.4 is 15.8 Å². The Kier molecular flexibility index (Phi) is 12.2. The Labute approximate surface area is 297 Å². The Morgan fingerprint density at radius 1 is 0.824 bits per heavy atom. The SMILES string of the molecule is NC1CCN(C(=O)[C@@H](NC(=O)[C@H](OC(=O)C(F)(F)F)c2ccc(OCC3CCCCC3)cc2)C(F)(F)c2ccc(-c3ccc(Cl)cc3)cc2)CC1. The second-order valence-electron chi connectivity index (χ2n) is 13.0. The predicted octanol–water partition coefficient (Wildman–Crippen LogP) is 7.34. The van der Waals surface area contributed by atoms with Crippen molar-refractivity contribution in [1.82, 2.24) is 10.2 Å². The highest BCUT2D eigenvalue weighted by Gasteiger charge is 2.50.